The molecule has 9 aromatic rings. The van der Waals surface area contributed by atoms with E-state index in [-0.39, 0.29) is 5.92 Å². The van der Waals surface area contributed by atoms with Crippen molar-refractivity contribution in [3.63, 3.8) is 0 Å². The first-order valence-corrected chi connectivity index (χ1v) is 20.6. The molecule has 2 heterocycles. The topological polar surface area (TPSA) is 47.9 Å². The molecule has 60 heavy (non-hydrogen) atoms. The largest absolute Gasteiger partial charge is 0.457 e. The van der Waals surface area contributed by atoms with Crippen LogP contribution in [0.3, 0.4) is 0 Å². The van der Waals surface area contributed by atoms with E-state index in [4.69, 9.17) is 19.7 Å². The molecular weight excluding hydrogens is 731 g/mol. The van der Waals surface area contributed by atoms with Gasteiger partial charge in [0.25, 0.3) is 0 Å². The molecule has 0 fully saturated rings. The molecule has 282 valence electrons. The number of aromatic nitrogens is 3. The molecule has 4 nitrogen and oxygen atoms in total. The number of rotatable bonds is 5. The number of fused-ring (bicyclic) bond motifs is 10. The van der Waals surface area contributed by atoms with E-state index in [9.17, 15) is 0 Å². The van der Waals surface area contributed by atoms with Gasteiger partial charge in [0.05, 0.1) is 5.41 Å². The van der Waals surface area contributed by atoms with E-state index in [1.165, 1.54) is 33.4 Å². The second-order valence-corrected chi connectivity index (χ2v) is 15.8. The Morgan fingerprint density at radius 1 is 0.400 bits per heavy atom. The Balaban J connectivity index is 0.980. The fraction of sp³-hybridized carbons (Fsp3) is 0.0536. The minimum absolute atomic E-state index is 0.264. The molecule has 8 aromatic carbocycles. The van der Waals surface area contributed by atoms with Gasteiger partial charge in [0, 0.05) is 33.7 Å². The van der Waals surface area contributed by atoms with Crippen molar-refractivity contribution in [3.05, 3.63) is 251 Å². The van der Waals surface area contributed by atoms with Gasteiger partial charge in [-0.3, -0.25) is 0 Å². The number of para-hydroxylation sites is 1. The molecule has 12 rings (SSSR count). The smallest absolute Gasteiger partial charge is 0.164 e. The predicted octanol–water partition coefficient (Wildman–Crippen LogP) is 13.3. The van der Waals surface area contributed by atoms with Crippen LogP contribution in [0.1, 0.15) is 57.1 Å². The van der Waals surface area contributed by atoms with E-state index < -0.39 is 5.41 Å². The number of allylic oxidation sites excluding steroid dienone is 1. The van der Waals surface area contributed by atoms with Crippen LogP contribution in [0.2, 0.25) is 0 Å². The van der Waals surface area contributed by atoms with E-state index in [0.717, 1.165) is 62.4 Å². The molecule has 1 spiro atoms. The highest BCUT2D eigenvalue weighted by Gasteiger charge is 2.50. The molecule has 1 atom stereocenters. The zero-order chi connectivity index (χ0) is 39.6. The Morgan fingerprint density at radius 3 is 1.72 bits per heavy atom. The quantitative estimate of drug-likeness (QED) is 0.175. The summed E-state index contributed by atoms with van der Waals surface area (Å²) in [5, 5.41) is 0. The predicted molar refractivity (Wildman–Crippen MR) is 240 cm³/mol. The van der Waals surface area contributed by atoms with Crippen molar-refractivity contribution in [2.45, 2.75) is 17.8 Å². The van der Waals surface area contributed by atoms with Crippen LogP contribution in [0.5, 0.6) is 11.5 Å². The minimum atomic E-state index is -0.500. The lowest BCUT2D eigenvalue weighted by molar-refractivity contribution is 0.436. The summed E-state index contributed by atoms with van der Waals surface area (Å²) in [6.07, 6.45) is 3.17. The van der Waals surface area contributed by atoms with Gasteiger partial charge in [-0.2, -0.15) is 0 Å². The van der Waals surface area contributed by atoms with Gasteiger partial charge >= 0.3 is 0 Å². The van der Waals surface area contributed by atoms with Gasteiger partial charge < -0.3 is 4.74 Å². The summed E-state index contributed by atoms with van der Waals surface area (Å²) in [7, 11) is 0. The summed E-state index contributed by atoms with van der Waals surface area (Å²) in [6, 6.07) is 71.1. The highest BCUT2D eigenvalue weighted by molar-refractivity contribution is 5.89. The molecule has 4 heteroatoms. The van der Waals surface area contributed by atoms with Crippen LogP contribution in [-0.2, 0) is 5.41 Å². The number of nitrogens with zero attached hydrogens (tertiary/aromatic N) is 3. The zero-order valence-electron chi connectivity index (χ0n) is 32.7. The van der Waals surface area contributed by atoms with Gasteiger partial charge in [0.15, 0.2) is 17.5 Å². The lowest BCUT2D eigenvalue weighted by Crippen LogP contribution is -2.32. The van der Waals surface area contributed by atoms with Crippen LogP contribution < -0.4 is 4.74 Å². The third-order valence-corrected chi connectivity index (χ3v) is 12.6. The van der Waals surface area contributed by atoms with E-state index in [1.807, 2.05) is 18.2 Å². The second kappa shape index (κ2) is 13.7. The van der Waals surface area contributed by atoms with Crippen molar-refractivity contribution in [1.29, 1.82) is 0 Å². The Hall–Kier alpha value is -7.69. The fourth-order valence-electron chi connectivity index (χ4n) is 9.95. The van der Waals surface area contributed by atoms with Gasteiger partial charge in [-0.15, -0.1) is 0 Å². The normalized spacial score (nSPS) is 15.1. The standard InChI is InChI=1S/C56H37N3O/c1-3-16-36(17-4-1)41-31-32-46(43-23-8-7-22-42(41)43)55-58-53(37-18-5-2-6-19-37)57-54(59-55)40-21-15-20-38(34-40)39-30-33-50-52(35-39)60-51-29-14-13-28-49(51)56(50)47-26-11-9-24-44(47)45-25-10-12-27-48(45)56/h1-30,32-35,41H,31H2. The Labute approximate surface area is 349 Å². The van der Waals surface area contributed by atoms with E-state index in [2.05, 4.69) is 188 Å². The molecule has 2 aliphatic carbocycles. The Morgan fingerprint density at radius 2 is 0.950 bits per heavy atom. The molecule has 0 saturated heterocycles. The van der Waals surface area contributed by atoms with Gasteiger partial charge in [0.1, 0.15) is 11.5 Å². The average molecular weight is 768 g/mol. The first-order chi connectivity index (χ1) is 29.7. The second-order valence-electron chi connectivity index (χ2n) is 15.8. The molecule has 0 amide bonds. The van der Waals surface area contributed by atoms with E-state index >= 15 is 0 Å². The summed E-state index contributed by atoms with van der Waals surface area (Å²) in [5.41, 5.74) is 15.7. The first-order valence-electron chi connectivity index (χ1n) is 20.6. The number of benzene rings is 8. The maximum atomic E-state index is 6.84. The van der Waals surface area contributed by atoms with Crippen molar-refractivity contribution in [2.24, 2.45) is 0 Å². The molecular formula is C56H37N3O. The third-order valence-electron chi connectivity index (χ3n) is 12.6. The SMILES string of the molecule is C1=C(c2nc(-c3ccccc3)nc(-c3cccc(-c4ccc5c(c4)Oc4ccccc4C54c5ccccc5-c5ccccc54)c3)n2)c2ccccc2C(c2ccccc2)C1. The molecule has 1 unspecified atom stereocenters. The van der Waals surface area contributed by atoms with Crippen molar-refractivity contribution in [2.75, 3.05) is 0 Å². The van der Waals surface area contributed by atoms with Crippen LogP contribution in [0.15, 0.2) is 206 Å². The lowest BCUT2D eigenvalue weighted by atomic mass is 9.66. The van der Waals surface area contributed by atoms with Gasteiger partial charge in [0.2, 0.25) is 0 Å². The van der Waals surface area contributed by atoms with Crippen molar-refractivity contribution >= 4 is 5.57 Å². The monoisotopic (exact) mass is 767 g/mol. The van der Waals surface area contributed by atoms with Crippen molar-refractivity contribution in [3.8, 4) is 56.5 Å². The van der Waals surface area contributed by atoms with E-state index in [1.54, 1.807) is 0 Å². The maximum Gasteiger partial charge on any atom is 0.164 e. The average Bonchev–Trinajstić information content (AvgIpc) is 3.62. The molecule has 1 aliphatic heterocycles. The molecule has 0 bridgehead atoms. The highest BCUT2D eigenvalue weighted by Crippen LogP contribution is 2.62. The zero-order valence-corrected chi connectivity index (χ0v) is 32.7. The Bertz CT molecular complexity index is 3120. The van der Waals surface area contributed by atoms with Crippen LogP contribution in [0, 0.1) is 0 Å². The van der Waals surface area contributed by atoms with Gasteiger partial charge in [-0.25, -0.2) is 15.0 Å². The molecule has 1 aromatic heterocycles. The number of hydrogen-bond acceptors (Lipinski definition) is 4. The summed E-state index contributed by atoms with van der Waals surface area (Å²) in [4.78, 5) is 15.5. The summed E-state index contributed by atoms with van der Waals surface area (Å²) in [5.74, 6) is 3.94. The maximum absolute atomic E-state index is 6.84. The van der Waals surface area contributed by atoms with Crippen LogP contribution in [0.4, 0.5) is 0 Å². The number of ether oxygens (including phenoxy) is 1. The third kappa shape index (κ3) is 5.27. The van der Waals surface area contributed by atoms with Crippen LogP contribution in [0.25, 0.3) is 50.6 Å². The molecule has 3 aliphatic rings. The lowest BCUT2D eigenvalue weighted by Gasteiger charge is -2.39. The fourth-order valence-corrected chi connectivity index (χ4v) is 9.95. The summed E-state index contributed by atoms with van der Waals surface area (Å²) < 4.78 is 6.84. The van der Waals surface area contributed by atoms with Crippen molar-refractivity contribution in [1.82, 2.24) is 15.0 Å². The summed E-state index contributed by atoms with van der Waals surface area (Å²) >= 11 is 0. The van der Waals surface area contributed by atoms with Crippen molar-refractivity contribution < 1.29 is 4.74 Å². The summed E-state index contributed by atoms with van der Waals surface area (Å²) in [6.45, 7) is 0. The highest BCUT2D eigenvalue weighted by atomic mass is 16.5. The molecule has 0 N–H and O–H groups in total. The van der Waals surface area contributed by atoms with E-state index in [0.29, 0.717) is 17.5 Å². The van der Waals surface area contributed by atoms with Gasteiger partial charge in [-0.05, 0) is 74.7 Å². The van der Waals surface area contributed by atoms with Crippen LogP contribution >= 0.6 is 0 Å². The number of hydrogen-bond donors (Lipinski definition) is 0. The Kier molecular flexibility index (Phi) is 7.85. The van der Waals surface area contributed by atoms with Crippen LogP contribution in [-0.4, -0.2) is 15.0 Å². The van der Waals surface area contributed by atoms with Gasteiger partial charge in [-0.1, -0.05) is 188 Å². The molecule has 0 saturated carbocycles. The minimum Gasteiger partial charge on any atom is -0.457 e. The first kappa shape index (κ1) is 34.4. The molecule has 0 radical (unpaired) electrons.